The monoisotopic (exact) mass is 554 g/mol. The Morgan fingerprint density at radius 1 is 1.29 bits per heavy atom. The van der Waals surface area contributed by atoms with Crippen molar-refractivity contribution in [1.82, 2.24) is 0 Å². The second-order valence-electron chi connectivity index (χ2n) is 11.1. The standard InChI is InChI=1S/C27H29F3O7S/c1-24-5-3-15(32)8-18(24)19(29)9-17-16-4-6-26(23(35)38-13-28,25(16,2)10-21(33)27(17,24)30)37-22(34)20-7-14(11-31)12-36-20/h3,5,7-8,12,16-17,19,21,31,33H,4,6,9-11,13H2,1-2H3/t16-,17-,19-,21-,24-,25-,26-,27-/m0/s1. The Bertz CT molecular complexity index is 1240. The van der Waals surface area contributed by atoms with Gasteiger partial charge in [-0.3, -0.25) is 9.59 Å². The van der Waals surface area contributed by atoms with E-state index in [0.29, 0.717) is 17.3 Å². The van der Waals surface area contributed by atoms with Crippen molar-refractivity contribution >= 4 is 28.6 Å². The number of esters is 1. The summed E-state index contributed by atoms with van der Waals surface area (Å²) in [5, 5.41) is 19.9. The van der Waals surface area contributed by atoms with E-state index in [9.17, 15) is 29.0 Å². The minimum Gasteiger partial charge on any atom is -0.457 e. The van der Waals surface area contributed by atoms with Gasteiger partial charge in [0.05, 0.1) is 19.0 Å². The maximum absolute atomic E-state index is 17.3. The lowest BCUT2D eigenvalue weighted by Gasteiger charge is -2.63. The molecular formula is C27H29F3O7S. The van der Waals surface area contributed by atoms with Crippen molar-refractivity contribution in [1.29, 1.82) is 0 Å². The van der Waals surface area contributed by atoms with Crippen LogP contribution in [-0.2, 0) is 20.9 Å². The zero-order chi connectivity index (χ0) is 27.7. The second kappa shape index (κ2) is 9.09. The Balaban J connectivity index is 1.58. The third-order valence-corrected chi connectivity index (χ3v) is 10.3. The summed E-state index contributed by atoms with van der Waals surface area (Å²) in [6, 6.07) is 0.158. The molecule has 1 aromatic heterocycles. The molecule has 7 nitrogen and oxygen atoms in total. The molecule has 0 amide bonds. The molecule has 1 heterocycles. The first kappa shape index (κ1) is 27.2. The van der Waals surface area contributed by atoms with Crippen molar-refractivity contribution in [2.75, 3.05) is 6.01 Å². The summed E-state index contributed by atoms with van der Waals surface area (Å²) in [5.74, 6) is -3.56. The average molecular weight is 555 g/mol. The molecule has 0 bridgehead atoms. The van der Waals surface area contributed by atoms with E-state index in [1.54, 1.807) is 6.92 Å². The quantitative estimate of drug-likeness (QED) is 0.522. The van der Waals surface area contributed by atoms with Crippen LogP contribution in [0.1, 0.15) is 55.6 Å². The number of hydrogen-bond acceptors (Lipinski definition) is 8. The first-order valence-electron chi connectivity index (χ1n) is 12.5. The van der Waals surface area contributed by atoms with Gasteiger partial charge in [0.1, 0.15) is 12.2 Å². The fourth-order valence-electron chi connectivity index (χ4n) is 7.68. The van der Waals surface area contributed by atoms with Crippen LogP contribution in [0.3, 0.4) is 0 Å². The Morgan fingerprint density at radius 2 is 2.03 bits per heavy atom. The number of carbonyl (C=O) groups is 3. The Labute approximate surface area is 221 Å². The lowest BCUT2D eigenvalue weighted by atomic mass is 9.44. The van der Waals surface area contributed by atoms with Gasteiger partial charge in [-0.1, -0.05) is 13.0 Å². The normalized spacial score (nSPS) is 41.7. The van der Waals surface area contributed by atoms with Crippen LogP contribution in [-0.4, -0.2) is 56.6 Å². The summed E-state index contributed by atoms with van der Waals surface area (Å²) < 4.78 is 57.3. The predicted octanol–water partition coefficient (Wildman–Crippen LogP) is 4.17. The molecule has 0 aromatic carbocycles. The highest BCUT2D eigenvalue weighted by Crippen LogP contribution is 2.71. The van der Waals surface area contributed by atoms with E-state index in [1.165, 1.54) is 25.1 Å². The van der Waals surface area contributed by atoms with Crippen LogP contribution in [0, 0.1) is 22.7 Å². The average Bonchev–Trinajstić information content (AvgIpc) is 3.46. The highest BCUT2D eigenvalue weighted by atomic mass is 32.2. The van der Waals surface area contributed by atoms with E-state index in [0.717, 1.165) is 12.3 Å². The molecule has 11 heteroatoms. The molecule has 2 N–H and O–H groups in total. The Kier molecular flexibility index (Phi) is 6.51. The number of alkyl halides is 3. The molecule has 38 heavy (non-hydrogen) atoms. The zero-order valence-electron chi connectivity index (χ0n) is 20.9. The number of aliphatic hydroxyl groups is 2. The molecule has 0 aliphatic heterocycles. The number of rotatable bonds is 5. The van der Waals surface area contributed by atoms with E-state index in [-0.39, 0.29) is 37.0 Å². The number of halogens is 3. The molecular weight excluding hydrogens is 525 g/mol. The second-order valence-corrected chi connectivity index (χ2v) is 12.0. The minimum absolute atomic E-state index is 0.0244. The van der Waals surface area contributed by atoms with Gasteiger partial charge in [-0.05, 0) is 74.1 Å². The highest BCUT2D eigenvalue weighted by Gasteiger charge is 2.76. The summed E-state index contributed by atoms with van der Waals surface area (Å²) in [7, 11) is 0. The molecule has 3 fully saturated rings. The van der Waals surface area contributed by atoms with Crippen LogP contribution in [0.2, 0.25) is 0 Å². The van der Waals surface area contributed by atoms with Crippen LogP contribution in [0.25, 0.3) is 0 Å². The van der Waals surface area contributed by atoms with E-state index in [1.807, 2.05) is 0 Å². The number of fused-ring (bicyclic) bond motifs is 5. The molecule has 0 spiro atoms. The Hall–Kier alpha value is -2.37. The first-order valence-corrected chi connectivity index (χ1v) is 13.5. The zero-order valence-corrected chi connectivity index (χ0v) is 21.7. The first-order chi connectivity index (χ1) is 17.9. The molecule has 3 saturated carbocycles. The number of hydrogen-bond donors (Lipinski definition) is 2. The molecule has 0 saturated heterocycles. The lowest BCUT2D eigenvalue weighted by molar-refractivity contribution is -0.219. The van der Waals surface area contributed by atoms with Crippen LogP contribution in [0.5, 0.6) is 0 Å². The molecule has 1 aromatic rings. The summed E-state index contributed by atoms with van der Waals surface area (Å²) in [5.41, 5.74) is -6.99. The fraction of sp³-hybridized carbons (Fsp3) is 0.593. The van der Waals surface area contributed by atoms with E-state index in [2.05, 4.69) is 0 Å². The van der Waals surface area contributed by atoms with Gasteiger partial charge in [-0.15, -0.1) is 0 Å². The maximum Gasteiger partial charge on any atom is 0.375 e. The number of thioether (sulfide) groups is 1. The van der Waals surface area contributed by atoms with Crippen LogP contribution < -0.4 is 0 Å². The van der Waals surface area contributed by atoms with Gasteiger partial charge in [0.25, 0.3) is 0 Å². The van der Waals surface area contributed by atoms with E-state index >= 15 is 8.78 Å². The van der Waals surface area contributed by atoms with Crippen molar-refractivity contribution in [3.63, 3.8) is 0 Å². The number of aliphatic hydroxyl groups excluding tert-OH is 2. The van der Waals surface area contributed by atoms with Crippen LogP contribution >= 0.6 is 11.8 Å². The largest absolute Gasteiger partial charge is 0.457 e. The number of furan rings is 1. The highest BCUT2D eigenvalue weighted by molar-refractivity contribution is 8.13. The number of ketones is 1. The van der Waals surface area contributed by atoms with Gasteiger partial charge in [-0.25, -0.2) is 18.0 Å². The van der Waals surface area contributed by atoms with Gasteiger partial charge in [0.15, 0.2) is 17.1 Å². The topological polar surface area (TPSA) is 114 Å². The minimum atomic E-state index is -2.36. The summed E-state index contributed by atoms with van der Waals surface area (Å²) in [4.78, 5) is 38.6. The molecule has 5 rings (SSSR count). The summed E-state index contributed by atoms with van der Waals surface area (Å²) >= 11 is 0.316. The van der Waals surface area contributed by atoms with Gasteiger partial charge in [-0.2, -0.15) is 0 Å². The van der Waals surface area contributed by atoms with Gasteiger partial charge in [0.2, 0.25) is 10.9 Å². The lowest BCUT2D eigenvalue weighted by Crippen LogP contribution is -2.70. The SMILES string of the molecule is C[C@]12C=CC(=O)C=C1[C@@H](F)C[C@H]1[C@@H]3CC[C@](OC(=O)c4cc(CO)co4)(C(=O)SCF)[C@@]3(C)C[C@H](O)[C@@]12F. The van der Waals surface area contributed by atoms with E-state index in [4.69, 9.17) is 9.15 Å². The van der Waals surface area contributed by atoms with Gasteiger partial charge < -0.3 is 19.4 Å². The van der Waals surface area contributed by atoms with Crippen molar-refractivity contribution in [3.8, 4) is 0 Å². The predicted molar refractivity (Wildman–Crippen MR) is 130 cm³/mol. The number of allylic oxidation sites excluding steroid dienone is 4. The van der Waals surface area contributed by atoms with Crippen LogP contribution in [0.4, 0.5) is 13.2 Å². The number of ether oxygens (including phenoxy) is 1. The summed E-state index contributed by atoms with van der Waals surface area (Å²) in [6.45, 7) is 2.67. The molecule has 0 unspecified atom stereocenters. The molecule has 8 atom stereocenters. The molecule has 0 radical (unpaired) electrons. The van der Waals surface area contributed by atoms with E-state index < -0.39 is 75.7 Å². The number of carbonyl (C=O) groups excluding carboxylic acids is 3. The maximum atomic E-state index is 17.3. The van der Waals surface area contributed by atoms with Crippen molar-refractivity contribution < 1.29 is 46.9 Å². The van der Waals surface area contributed by atoms with Crippen molar-refractivity contribution in [2.45, 2.75) is 69.7 Å². The van der Waals surface area contributed by atoms with Crippen molar-refractivity contribution in [2.24, 2.45) is 22.7 Å². The van der Waals surface area contributed by atoms with Crippen LogP contribution in [0.15, 0.2) is 40.5 Å². The molecule has 4 aliphatic carbocycles. The molecule has 4 aliphatic rings. The van der Waals surface area contributed by atoms with Gasteiger partial charge in [0, 0.05) is 22.3 Å². The summed E-state index contributed by atoms with van der Waals surface area (Å²) in [6.07, 6.45) is 0.793. The molecule has 206 valence electrons. The third-order valence-electron chi connectivity index (χ3n) is 9.57. The third kappa shape index (κ3) is 3.47. The van der Waals surface area contributed by atoms with Crippen molar-refractivity contribution in [3.05, 3.63) is 47.5 Å². The smallest absolute Gasteiger partial charge is 0.375 e. The Morgan fingerprint density at radius 3 is 2.68 bits per heavy atom. The fourth-order valence-corrected chi connectivity index (χ4v) is 8.39. The van der Waals surface area contributed by atoms with Gasteiger partial charge >= 0.3 is 5.97 Å².